The SMILES string of the molecule is CCOCCOCCOc1ccc(C(=O)NS(=O)(=O)c2cccnc2N)c(N2CCC(C)C2(C)C)n1. The van der Waals surface area contributed by atoms with E-state index in [1.165, 1.54) is 30.5 Å². The van der Waals surface area contributed by atoms with E-state index in [0.29, 0.717) is 50.6 Å². The third-order valence-corrected chi connectivity index (χ3v) is 7.79. The van der Waals surface area contributed by atoms with E-state index in [1.54, 1.807) is 0 Å². The number of hydrogen-bond acceptors (Lipinski definition) is 10. The van der Waals surface area contributed by atoms with Crippen molar-refractivity contribution in [1.29, 1.82) is 0 Å². The Morgan fingerprint density at radius 1 is 1.19 bits per heavy atom. The maximum absolute atomic E-state index is 13.2. The molecule has 2 aromatic rings. The van der Waals surface area contributed by atoms with Crippen LogP contribution >= 0.6 is 0 Å². The number of nitrogens with zero attached hydrogens (tertiary/aromatic N) is 3. The predicted octanol–water partition coefficient (Wildman–Crippen LogP) is 2.23. The molecule has 0 radical (unpaired) electrons. The highest BCUT2D eigenvalue weighted by Gasteiger charge is 2.41. The van der Waals surface area contributed by atoms with Gasteiger partial charge in [-0.3, -0.25) is 4.79 Å². The molecular weight excluding hydrogens is 486 g/mol. The summed E-state index contributed by atoms with van der Waals surface area (Å²) in [6, 6.07) is 5.78. The first-order valence-corrected chi connectivity index (χ1v) is 13.4. The number of carbonyl (C=O) groups excluding carboxylic acids is 1. The second kappa shape index (κ2) is 11.8. The highest BCUT2D eigenvalue weighted by atomic mass is 32.2. The van der Waals surface area contributed by atoms with Crippen molar-refractivity contribution in [2.75, 3.05) is 50.2 Å². The largest absolute Gasteiger partial charge is 0.475 e. The summed E-state index contributed by atoms with van der Waals surface area (Å²) in [7, 11) is -4.25. The maximum Gasteiger partial charge on any atom is 0.268 e. The minimum absolute atomic E-state index is 0.114. The molecule has 1 atom stereocenters. The number of carbonyl (C=O) groups is 1. The zero-order valence-electron chi connectivity index (χ0n) is 21.2. The molecular formula is C24H35N5O6S. The molecule has 1 unspecified atom stereocenters. The Bertz CT molecular complexity index is 1160. The van der Waals surface area contributed by atoms with E-state index in [9.17, 15) is 13.2 Å². The van der Waals surface area contributed by atoms with Crippen molar-refractivity contribution in [2.24, 2.45) is 5.92 Å². The summed E-state index contributed by atoms with van der Waals surface area (Å²) in [5, 5.41) is 0. The van der Waals surface area contributed by atoms with Crippen LogP contribution in [0.3, 0.4) is 0 Å². The van der Waals surface area contributed by atoms with Gasteiger partial charge in [0.25, 0.3) is 15.9 Å². The molecule has 11 nitrogen and oxygen atoms in total. The van der Waals surface area contributed by atoms with Gasteiger partial charge in [-0.1, -0.05) is 6.92 Å². The average Bonchev–Trinajstić information content (AvgIpc) is 3.10. The van der Waals surface area contributed by atoms with Gasteiger partial charge in [0.15, 0.2) is 0 Å². The fourth-order valence-corrected chi connectivity index (χ4v) is 4.98. The Kier molecular flexibility index (Phi) is 9.09. The molecule has 1 saturated heterocycles. The van der Waals surface area contributed by atoms with E-state index in [-0.39, 0.29) is 28.4 Å². The molecule has 0 saturated carbocycles. The standard InChI is InChI=1S/C24H35N5O6S/c1-5-33-13-14-34-15-16-35-20-9-8-18(22(27-20)29-12-10-17(2)24(29,3)4)23(30)28-36(31,32)19-7-6-11-26-21(19)25/h6-9,11,17H,5,10,12-16H2,1-4H3,(H2,25,26)(H,28,30). The predicted molar refractivity (Wildman–Crippen MR) is 136 cm³/mol. The smallest absolute Gasteiger partial charge is 0.268 e. The summed E-state index contributed by atoms with van der Waals surface area (Å²) in [6.45, 7) is 11.1. The number of ether oxygens (including phenoxy) is 3. The van der Waals surface area contributed by atoms with Crippen molar-refractivity contribution in [3.05, 3.63) is 36.0 Å². The molecule has 0 aliphatic carbocycles. The number of nitrogens with one attached hydrogen (secondary N) is 1. The second-order valence-electron chi connectivity index (χ2n) is 8.99. The number of amides is 1. The van der Waals surface area contributed by atoms with Gasteiger partial charge in [0.1, 0.15) is 23.1 Å². The maximum atomic E-state index is 13.2. The van der Waals surface area contributed by atoms with Gasteiger partial charge < -0.3 is 24.8 Å². The average molecular weight is 522 g/mol. The molecule has 3 N–H and O–H groups in total. The minimum atomic E-state index is -4.25. The normalized spacial score (nSPS) is 17.2. The molecule has 3 rings (SSSR count). The van der Waals surface area contributed by atoms with Crippen LogP contribution in [0, 0.1) is 5.92 Å². The Morgan fingerprint density at radius 2 is 1.92 bits per heavy atom. The third kappa shape index (κ3) is 6.42. The fourth-order valence-electron chi connectivity index (χ4n) is 3.93. The Labute approximate surface area is 212 Å². The van der Waals surface area contributed by atoms with E-state index < -0.39 is 15.9 Å². The van der Waals surface area contributed by atoms with Crippen LogP contribution in [0.4, 0.5) is 11.6 Å². The van der Waals surface area contributed by atoms with Gasteiger partial charge in [-0.15, -0.1) is 0 Å². The van der Waals surface area contributed by atoms with Crippen LogP contribution in [0.25, 0.3) is 0 Å². The topological polar surface area (TPSA) is 146 Å². The lowest BCUT2D eigenvalue weighted by molar-refractivity contribution is 0.0399. The van der Waals surface area contributed by atoms with Gasteiger partial charge in [0.05, 0.1) is 25.4 Å². The summed E-state index contributed by atoms with van der Waals surface area (Å²) >= 11 is 0. The number of rotatable bonds is 12. The van der Waals surface area contributed by atoms with Crippen molar-refractivity contribution in [3.8, 4) is 5.88 Å². The molecule has 1 aliphatic rings. The summed E-state index contributed by atoms with van der Waals surface area (Å²) in [4.78, 5) is 23.4. The molecule has 2 aromatic heterocycles. The number of pyridine rings is 2. The molecule has 1 fully saturated rings. The zero-order valence-corrected chi connectivity index (χ0v) is 22.0. The van der Waals surface area contributed by atoms with Crippen LogP contribution in [-0.2, 0) is 19.5 Å². The number of hydrogen-bond donors (Lipinski definition) is 2. The lowest BCUT2D eigenvalue weighted by Crippen LogP contribution is -2.43. The zero-order chi connectivity index (χ0) is 26.3. The lowest BCUT2D eigenvalue weighted by Gasteiger charge is -2.36. The molecule has 0 bridgehead atoms. The quantitative estimate of drug-likeness (QED) is 0.399. The highest BCUT2D eigenvalue weighted by molar-refractivity contribution is 7.90. The molecule has 12 heteroatoms. The number of anilines is 2. The van der Waals surface area contributed by atoms with Crippen LogP contribution in [-0.4, -0.2) is 69.4 Å². The first kappa shape index (κ1) is 27.6. The lowest BCUT2D eigenvalue weighted by atomic mass is 9.90. The van der Waals surface area contributed by atoms with Crippen molar-refractivity contribution in [1.82, 2.24) is 14.7 Å². The first-order valence-electron chi connectivity index (χ1n) is 11.9. The van der Waals surface area contributed by atoms with Gasteiger partial charge in [-0.25, -0.2) is 18.1 Å². The van der Waals surface area contributed by atoms with Gasteiger partial charge in [0.2, 0.25) is 5.88 Å². The van der Waals surface area contributed by atoms with Gasteiger partial charge in [0, 0.05) is 31.0 Å². The van der Waals surface area contributed by atoms with Crippen molar-refractivity contribution in [2.45, 2.75) is 44.6 Å². The number of nitrogen functional groups attached to an aromatic ring is 1. The highest BCUT2D eigenvalue weighted by Crippen LogP contribution is 2.39. The van der Waals surface area contributed by atoms with Gasteiger partial charge >= 0.3 is 0 Å². The molecule has 0 spiro atoms. The summed E-state index contributed by atoms with van der Waals surface area (Å²) in [5.41, 5.74) is 5.52. The fraction of sp³-hybridized carbons (Fsp3) is 0.542. The van der Waals surface area contributed by atoms with E-state index in [1.807, 2.05) is 11.8 Å². The van der Waals surface area contributed by atoms with E-state index in [2.05, 4.69) is 35.5 Å². The Hall–Kier alpha value is -2.96. The monoisotopic (exact) mass is 521 g/mol. The van der Waals surface area contributed by atoms with E-state index >= 15 is 0 Å². The third-order valence-electron chi connectivity index (χ3n) is 6.41. The summed E-state index contributed by atoms with van der Waals surface area (Å²) in [5.74, 6) is -0.0205. The van der Waals surface area contributed by atoms with Crippen LogP contribution in [0.2, 0.25) is 0 Å². The molecule has 198 valence electrons. The van der Waals surface area contributed by atoms with Crippen LogP contribution < -0.4 is 20.1 Å². The van der Waals surface area contributed by atoms with E-state index in [0.717, 1.165) is 6.42 Å². The molecule has 1 aliphatic heterocycles. The molecule has 1 amide bonds. The van der Waals surface area contributed by atoms with Gasteiger partial charge in [-0.2, -0.15) is 4.98 Å². The summed E-state index contributed by atoms with van der Waals surface area (Å²) in [6.07, 6.45) is 2.27. The molecule has 36 heavy (non-hydrogen) atoms. The van der Waals surface area contributed by atoms with Crippen molar-refractivity contribution < 1.29 is 27.4 Å². The minimum Gasteiger partial charge on any atom is -0.475 e. The van der Waals surface area contributed by atoms with Crippen LogP contribution in [0.1, 0.15) is 44.5 Å². The van der Waals surface area contributed by atoms with Crippen LogP contribution in [0.15, 0.2) is 35.4 Å². The Morgan fingerprint density at radius 3 is 2.58 bits per heavy atom. The van der Waals surface area contributed by atoms with E-state index in [4.69, 9.17) is 19.9 Å². The van der Waals surface area contributed by atoms with Crippen LogP contribution in [0.5, 0.6) is 5.88 Å². The summed E-state index contributed by atoms with van der Waals surface area (Å²) < 4.78 is 44.3. The number of nitrogens with two attached hydrogens (primary N) is 1. The van der Waals surface area contributed by atoms with Gasteiger partial charge in [-0.05, 0) is 51.3 Å². The number of sulfonamides is 1. The van der Waals surface area contributed by atoms with Crippen molar-refractivity contribution in [3.63, 3.8) is 0 Å². The molecule has 0 aromatic carbocycles. The van der Waals surface area contributed by atoms with Crippen molar-refractivity contribution >= 4 is 27.6 Å². The second-order valence-corrected chi connectivity index (χ2v) is 10.6. The molecule has 3 heterocycles. The first-order chi connectivity index (χ1) is 17.1. The Balaban J connectivity index is 1.83. The number of aromatic nitrogens is 2.